The van der Waals surface area contributed by atoms with E-state index >= 15 is 0 Å². The molecule has 170 valence electrons. The van der Waals surface area contributed by atoms with Crippen LogP contribution >= 0.6 is 0 Å². The molecule has 0 spiro atoms. The summed E-state index contributed by atoms with van der Waals surface area (Å²) in [7, 11) is 1.68. The second-order valence-electron chi connectivity index (χ2n) is 8.33. The largest absolute Gasteiger partial charge is 0.404 e. The molecule has 1 aromatic heterocycles. The standard InChI is InChI=1S/C24H32N6O2/c1-15-11-28-22(14-32-15)20-9-17(3-4-19(20)16-5-7-31-8-6-16)21-13-29-24(26)23(30-21)18(10-25)12-27-2/h3-4,9-10,12-13,15-16,22,28H,5-8,11,14,25H2,1-2H3,(H2,26,29)/b18-10+,27-12?/t15-,22-/m0/s1. The molecule has 2 atom stereocenters. The zero-order chi connectivity index (χ0) is 22.5. The smallest absolute Gasteiger partial charge is 0.150 e. The molecular formula is C24H32N6O2. The number of aliphatic imine (C=N–C) groups is 1. The van der Waals surface area contributed by atoms with E-state index in [1.54, 1.807) is 19.5 Å². The minimum absolute atomic E-state index is 0.136. The van der Waals surface area contributed by atoms with Gasteiger partial charge in [-0.15, -0.1) is 0 Å². The monoisotopic (exact) mass is 436 g/mol. The van der Waals surface area contributed by atoms with Crippen molar-refractivity contribution in [3.63, 3.8) is 0 Å². The molecule has 8 nitrogen and oxygen atoms in total. The van der Waals surface area contributed by atoms with Gasteiger partial charge in [0.05, 0.1) is 30.6 Å². The molecule has 1 aromatic carbocycles. The Kier molecular flexibility index (Phi) is 7.14. The number of rotatable bonds is 5. The molecule has 2 aliphatic rings. The van der Waals surface area contributed by atoms with Crippen LogP contribution in [-0.2, 0) is 9.47 Å². The van der Waals surface area contributed by atoms with Gasteiger partial charge in [0.1, 0.15) is 11.5 Å². The Morgan fingerprint density at radius 2 is 2.06 bits per heavy atom. The minimum Gasteiger partial charge on any atom is -0.404 e. The average molecular weight is 437 g/mol. The van der Waals surface area contributed by atoms with Crippen molar-refractivity contribution in [3.05, 3.63) is 47.4 Å². The summed E-state index contributed by atoms with van der Waals surface area (Å²) in [6, 6.07) is 6.69. The first-order valence-electron chi connectivity index (χ1n) is 11.1. The highest BCUT2D eigenvalue weighted by molar-refractivity contribution is 6.10. The Balaban J connectivity index is 1.74. The van der Waals surface area contributed by atoms with E-state index in [9.17, 15) is 0 Å². The van der Waals surface area contributed by atoms with E-state index in [2.05, 4.69) is 40.4 Å². The third kappa shape index (κ3) is 4.82. The SMILES string of the molecule is CN=C/C(=C\N)c1nc(-c2ccc(C3CCOCC3)c([C@@H]3CO[C@@H](C)CN3)c2)cnc1N. The lowest BCUT2D eigenvalue weighted by atomic mass is 9.84. The van der Waals surface area contributed by atoms with Crippen molar-refractivity contribution in [1.29, 1.82) is 0 Å². The summed E-state index contributed by atoms with van der Waals surface area (Å²) in [4.78, 5) is 13.2. The molecule has 2 aromatic rings. The maximum Gasteiger partial charge on any atom is 0.150 e. The number of morpholine rings is 1. The number of nitrogen functional groups attached to an aromatic ring is 1. The van der Waals surface area contributed by atoms with Gasteiger partial charge in [0.25, 0.3) is 0 Å². The van der Waals surface area contributed by atoms with Crippen LogP contribution in [0.2, 0.25) is 0 Å². The molecule has 0 radical (unpaired) electrons. The van der Waals surface area contributed by atoms with Crippen LogP contribution in [0, 0.1) is 0 Å². The number of benzene rings is 1. The number of anilines is 1. The first-order valence-corrected chi connectivity index (χ1v) is 11.1. The Morgan fingerprint density at radius 3 is 2.75 bits per heavy atom. The first-order chi connectivity index (χ1) is 15.6. The molecule has 0 saturated carbocycles. The maximum absolute atomic E-state index is 6.09. The minimum atomic E-state index is 0.136. The zero-order valence-electron chi connectivity index (χ0n) is 18.8. The van der Waals surface area contributed by atoms with Crippen LogP contribution in [0.5, 0.6) is 0 Å². The van der Waals surface area contributed by atoms with Gasteiger partial charge in [0.15, 0.2) is 0 Å². The summed E-state index contributed by atoms with van der Waals surface area (Å²) in [6.45, 7) is 5.17. The van der Waals surface area contributed by atoms with E-state index in [0.717, 1.165) is 43.9 Å². The molecule has 0 unspecified atom stereocenters. The van der Waals surface area contributed by atoms with Crippen molar-refractivity contribution in [2.75, 3.05) is 39.1 Å². The topological polar surface area (TPSA) is 121 Å². The highest BCUT2D eigenvalue weighted by atomic mass is 16.5. The number of nitrogens with one attached hydrogen (secondary N) is 1. The molecule has 2 fully saturated rings. The molecule has 0 aliphatic carbocycles. The number of hydrogen-bond acceptors (Lipinski definition) is 8. The molecule has 32 heavy (non-hydrogen) atoms. The summed E-state index contributed by atoms with van der Waals surface area (Å²) in [6.07, 6.45) is 7.06. The fraction of sp³-hybridized carbons (Fsp3) is 0.458. The van der Waals surface area contributed by atoms with Crippen molar-refractivity contribution in [1.82, 2.24) is 15.3 Å². The van der Waals surface area contributed by atoms with Crippen LogP contribution in [0.3, 0.4) is 0 Å². The van der Waals surface area contributed by atoms with E-state index in [1.165, 1.54) is 17.3 Å². The molecule has 5 N–H and O–H groups in total. The average Bonchev–Trinajstić information content (AvgIpc) is 2.84. The Morgan fingerprint density at radius 1 is 1.25 bits per heavy atom. The second kappa shape index (κ2) is 10.2. The number of aromatic nitrogens is 2. The zero-order valence-corrected chi connectivity index (χ0v) is 18.8. The van der Waals surface area contributed by atoms with Gasteiger partial charge in [-0.05, 0) is 42.9 Å². The first kappa shape index (κ1) is 22.4. The predicted octanol–water partition coefficient (Wildman–Crippen LogP) is 2.67. The molecular weight excluding hydrogens is 404 g/mol. The lowest BCUT2D eigenvalue weighted by Gasteiger charge is -2.33. The quantitative estimate of drug-likeness (QED) is 0.616. The number of nitrogens with two attached hydrogens (primary N) is 2. The van der Waals surface area contributed by atoms with Crippen molar-refractivity contribution in [2.24, 2.45) is 10.7 Å². The summed E-state index contributed by atoms with van der Waals surface area (Å²) in [5.41, 5.74) is 17.4. The summed E-state index contributed by atoms with van der Waals surface area (Å²) in [5, 5.41) is 3.65. The second-order valence-corrected chi connectivity index (χ2v) is 8.33. The molecule has 0 bridgehead atoms. The van der Waals surface area contributed by atoms with Crippen molar-refractivity contribution >= 4 is 17.6 Å². The molecule has 4 rings (SSSR count). The summed E-state index contributed by atoms with van der Waals surface area (Å²) >= 11 is 0. The summed E-state index contributed by atoms with van der Waals surface area (Å²) in [5.74, 6) is 0.801. The molecule has 0 amide bonds. The Hall–Kier alpha value is -2.81. The van der Waals surface area contributed by atoms with Gasteiger partial charge in [-0.1, -0.05) is 12.1 Å². The van der Waals surface area contributed by atoms with Crippen LogP contribution in [-0.4, -0.2) is 55.7 Å². The third-order valence-corrected chi connectivity index (χ3v) is 6.14. The van der Waals surface area contributed by atoms with Gasteiger partial charge >= 0.3 is 0 Å². The van der Waals surface area contributed by atoms with Crippen LogP contribution < -0.4 is 16.8 Å². The number of allylic oxidation sites excluding steroid dienone is 1. The molecule has 2 saturated heterocycles. The van der Waals surface area contributed by atoms with Gasteiger partial charge in [-0.25, -0.2) is 9.97 Å². The lowest BCUT2D eigenvalue weighted by Crippen LogP contribution is -2.40. The number of nitrogens with zero attached hydrogens (tertiary/aromatic N) is 3. The van der Waals surface area contributed by atoms with Crippen molar-refractivity contribution in [2.45, 2.75) is 37.8 Å². The van der Waals surface area contributed by atoms with Crippen molar-refractivity contribution in [3.8, 4) is 11.3 Å². The van der Waals surface area contributed by atoms with E-state index in [-0.39, 0.29) is 12.1 Å². The summed E-state index contributed by atoms with van der Waals surface area (Å²) < 4.78 is 11.6. The van der Waals surface area contributed by atoms with E-state index in [0.29, 0.717) is 29.6 Å². The Bertz CT molecular complexity index is 992. The van der Waals surface area contributed by atoms with Crippen molar-refractivity contribution < 1.29 is 9.47 Å². The molecule has 3 heterocycles. The van der Waals surface area contributed by atoms with E-state index in [4.69, 9.17) is 25.9 Å². The number of hydrogen-bond donors (Lipinski definition) is 3. The van der Waals surface area contributed by atoms with Gasteiger partial charge in [0, 0.05) is 50.4 Å². The van der Waals surface area contributed by atoms with E-state index < -0.39 is 0 Å². The molecule has 2 aliphatic heterocycles. The lowest BCUT2D eigenvalue weighted by molar-refractivity contribution is 0.0144. The van der Waals surface area contributed by atoms with Crippen LogP contribution in [0.15, 0.2) is 35.6 Å². The Labute approximate surface area is 189 Å². The van der Waals surface area contributed by atoms with Gasteiger partial charge in [0.2, 0.25) is 0 Å². The van der Waals surface area contributed by atoms with Gasteiger partial charge in [-0.3, -0.25) is 4.99 Å². The third-order valence-electron chi connectivity index (χ3n) is 6.14. The fourth-order valence-corrected chi connectivity index (χ4v) is 4.37. The maximum atomic E-state index is 6.09. The number of ether oxygens (including phenoxy) is 2. The molecule has 8 heteroatoms. The predicted molar refractivity (Wildman–Crippen MR) is 127 cm³/mol. The van der Waals surface area contributed by atoms with E-state index in [1.807, 2.05) is 0 Å². The van der Waals surface area contributed by atoms with Crippen LogP contribution in [0.4, 0.5) is 5.82 Å². The highest BCUT2D eigenvalue weighted by Gasteiger charge is 2.26. The van der Waals surface area contributed by atoms with Gasteiger partial charge < -0.3 is 26.3 Å². The van der Waals surface area contributed by atoms with Crippen LogP contribution in [0.1, 0.15) is 48.5 Å². The normalized spacial score (nSPS) is 23.0. The van der Waals surface area contributed by atoms with Gasteiger partial charge in [-0.2, -0.15) is 0 Å². The fourth-order valence-electron chi connectivity index (χ4n) is 4.37. The van der Waals surface area contributed by atoms with Crippen LogP contribution in [0.25, 0.3) is 16.8 Å². The highest BCUT2D eigenvalue weighted by Crippen LogP contribution is 2.36.